The molecule has 0 N–H and O–H groups in total. The van der Waals surface area contributed by atoms with Crippen molar-refractivity contribution in [3.8, 4) is 0 Å². The van der Waals surface area contributed by atoms with Gasteiger partial charge in [-0.3, -0.25) is 4.79 Å². The summed E-state index contributed by atoms with van der Waals surface area (Å²) in [4.78, 5) is 10.6. The van der Waals surface area contributed by atoms with Crippen LogP contribution in [0.15, 0.2) is 0 Å². The fraction of sp³-hybridized carbons (Fsp3) is 0.923. The van der Waals surface area contributed by atoms with Crippen LogP contribution in [-0.2, 0) is 9.53 Å². The first kappa shape index (κ1) is 30.3. The van der Waals surface area contributed by atoms with Crippen LogP contribution in [0.5, 0.6) is 0 Å². The number of halogens is 17. The highest BCUT2D eigenvalue weighted by Gasteiger charge is 2.93. The van der Waals surface area contributed by atoms with Crippen LogP contribution >= 0.6 is 0 Å². The maximum Gasteiger partial charge on any atom is 0.473 e. The van der Waals surface area contributed by atoms with Crippen LogP contribution in [0.4, 0.5) is 74.6 Å². The van der Waals surface area contributed by atoms with Gasteiger partial charge in [-0.1, -0.05) is 6.92 Å². The van der Waals surface area contributed by atoms with Gasteiger partial charge in [0.1, 0.15) is 0 Å². The summed E-state index contributed by atoms with van der Waals surface area (Å²) in [5.74, 6) is -50.3. The fourth-order valence-electron chi connectivity index (χ4n) is 1.74. The number of carbonyl (C=O) groups is 1. The molecule has 0 heterocycles. The van der Waals surface area contributed by atoms with Gasteiger partial charge in [-0.15, -0.1) is 0 Å². The van der Waals surface area contributed by atoms with Crippen molar-refractivity contribution in [2.45, 2.75) is 74.0 Å². The summed E-state index contributed by atoms with van der Waals surface area (Å²) in [6.45, 7) is 0.570. The maximum atomic E-state index is 13.4. The average Bonchev–Trinajstić information content (AvgIpc) is 2.57. The number of ether oxygens (including phenoxy) is 1. The maximum absolute atomic E-state index is 13.4. The van der Waals surface area contributed by atoms with Crippen molar-refractivity contribution >= 4 is 5.97 Å². The third-order valence-corrected chi connectivity index (χ3v) is 3.66. The molecule has 0 atom stereocenters. The molecule has 0 radical (unpaired) electrons. The van der Waals surface area contributed by atoms with E-state index in [1.807, 2.05) is 0 Å². The third-order valence-electron chi connectivity index (χ3n) is 3.66. The van der Waals surface area contributed by atoms with Crippen LogP contribution in [-0.4, -0.2) is 53.8 Å². The number of esters is 1. The zero-order valence-electron chi connectivity index (χ0n) is 14.9. The van der Waals surface area contributed by atoms with E-state index >= 15 is 0 Å². The highest BCUT2D eigenvalue weighted by atomic mass is 19.4. The first-order valence-electron chi connectivity index (χ1n) is 7.59. The molecular weight excluding hydrogens is 511 g/mol. The standard InChI is InChI=1S/C13H9F17O2/c1-2-5(31)32-13(29,30)12(27,28)11(25,26)10(23,24)9(21,22)8(19,20)6(14,15)3-4-7(16,17)18/h2-4H2,1H3. The molecule has 0 unspecified atom stereocenters. The smallest absolute Gasteiger partial charge is 0.396 e. The molecule has 32 heavy (non-hydrogen) atoms. The van der Waals surface area contributed by atoms with Gasteiger partial charge in [0.2, 0.25) is 0 Å². The normalized spacial score (nSPS) is 15.7. The number of hydrogen-bond donors (Lipinski definition) is 0. The highest BCUT2D eigenvalue weighted by molar-refractivity contribution is 5.69. The minimum Gasteiger partial charge on any atom is -0.396 e. The molecular formula is C13H9F17O2. The highest BCUT2D eigenvalue weighted by Crippen LogP contribution is 2.62. The van der Waals surface area contributed by atoms with E-state index in [9.17, 15) is 79.4 Å². The van der Waals surface area contributed by atoms with E-state index in [1.54, 1.807) is 0 Å². The molecule has 0 aromatic heterocycles. The van der Waals surface area contributed by atoms with Crippen LogP contribution in [0.2, 0.25) is 0 Å². The van der Waals surface area contributed by atoms with E-state index in [0.717, 1.165) is 0 Å². The predicted molar refractivity (Wildman–Crippen MR) is 66.3 cm³/mol. The summed E-state index contributed by atoms with van der Waals surface area (Å²) >= 11 is 0. The summed E-state index contributed by atoms with van der Waals surface area (Å²) in [5.41, 5.74) is 0. The number of hydrogen-bond acceptors (Lipinski definition) is 2. The third kappa shape index (κ3) is 4.79. The summed E-state index contributed by atoms with van der Waals surface area (Å²) in [6, 6.07) is 0. The molecule has 0 saturated carbocycles. The summed E-state index contributed by atoms with van der Waals surface area (Å²) in [7, 11) is 0. The zero-order valence-corrected chi connectivity index (χ0v) is 14.9. The van der Waals surface area contributed by atoms with Crippen molar-refractivity contribution in [2.24, 2.45) is 0 Å². The molecule has 0 aliphatic heterocycles. The zero-order chi connectivity index (χ0) is 26.4. The Bertz CT molecular complexity index is 678. The monoisotopic (exact) mass is 520 g/mol. The molecule has 2 nitrogen and oxygen atoms in total. The van der Waals surface area contributed by atoms with Gasteiger partial charge in [-0.25, -0.2) is 0 Å². The Kier molecular flexibility index (Phi) is 7.81. The Hall–Kier alpha value is -1.72. The fourth-order valence-corrected chi connectivity index (χ4v) is 1.74. The van der Waals surface area contributed by atoms with Crippen LogP contribution in [0.1, 0.15) is 26.2 Å². The van der Waals surface area contributed by atoms with Crippen molar-refractivity contribution < 1.29 is 84.2 Å². The molecule has 0 fully saturated rings. The molecule has 0 rings (SSSR count). The Morgan fingerprint density at radius 2 is 0.906 bits per heavy atom. The van der Waals surface area contributed by atoms with Crippen molar-refractivity contribution in [3.05, 3.63) is 0 Å². The minimum absolute atomic E-state index is 0.570. The molecule has 0 aliphatic carbocycles. The van der Waals surface area contributed by atoms with Gasteiger partial charge in [-0.2, -0.15) is 74.6 Å². The van der Waals surface area contributed by atoms with Crippen molar-refractivity contribution in [2.75, 3.05) is 0 Å². The van der Waals surface area contributed by atoms with E-state index in [4.69, 9.17) is 0 Å². The second kappa shape index (κ2) is 8.25. The second-order valence-electron chi connectivity index (χ2n) is 6.04. The Morgan fingerprint density at radius 1 is 0.562 bits per heavy atom. The lowest BCUT2D eigenvalue weighted by Crippen LogP contribution is -2.73. The summed E-state index contributed by atoms with van der Waals surface area (Å²) in [5, 5.41) is 0. The Labute approximate surface area is 165 Å². The first-order valence-corrected chi connectivity index (χ1v) is 7.59. The van der Waals surface area contributed by atoms with E-state index in [-0.39, 0.29) is 0 Å². The topological polar surface area (TPSA) is 26.3 Å². The number of rotatable bonds is 10. The van der Waals surface area contributed by atoms with Crippen LogP contribution in [0, 0.1) is 0 Å². The lowest BCUT2D eigenvalue weighted by atomic mass is 9.89. The van der Waals surface area contributed by atoms with Gasteiger partial charge in [0, 0.05) is 19.3 Å². The number of alkyl halides is 17. The lowest BCUT2D eigenvalue weighted by Gasteiger charge is -2.42. The Balaban J connectivity index is 6.45. The molecule has 19 heteroatoms. The van der Waals surface area contributed by atoms with E-state index in [0.29, 0.717) is 6.92 Å². The van der Waals surface area contributed by atoms with Crippen LogP contribution in [0.3, 0.4) is 0 Å². The molecule has 0 amide bonds. The molecule has 0 saturated heterocycles. The lowest BCUT2D eigenvalue weighted by molar-refractivity contribution is -0.461. The molecule has 0 spiro atoms. The van der Waals surface area contributed by atoms with Gasteiger partial charge in [-0.05, 0) is 0 Å². The molecule has 192 valence electrons. The molecule has 0 aliphatic rings. The SMILES string of the molecule is CCC(=O)OC(F)(F)C(F)(F)C(F)(F)C(F)(F)C(F)(F)C(F)(F)C(F)(F)CCC(F)(F)F. The summed E-state index contributed by atoms with van der Waals surface area (Å²) < 4.78 is 224. The van der Waals surface area contributed by atoms with Gasteiger partial charge in [0.25, 0.3) is 0 Å². The van der Waals surface area contributed by atoms with Crippen LogP contribution in [0.25, 0.3) is 0 Å². The van der Waals surface area contributed by atoms with Crippen molar-refractivity contribution in [3.63, 3.8) is 0 Å². The number of carbonyl (C=O) groups excluding carboxylic acids is 1. The second-order valence-corrected chi connectivity index (χ2v) is 6.04. The van der Waals surface area contributed by atoms with E-state index in [1.165, 1.54) is 0 Å². The van der Waals surface area contributed by atoms with Gasteiger partial charge < -0.3 is 4.74 Å². The molecule has 0 aromatic rings. The van der Waals surface area contributed by atoms with Crippen molar-refractivity contribution in [1.29, 1.82) is 0 Å². The van der Waals surface area contributed by atoms with Gasteiger partial charge >= 0.3 is 53.8 Å². The quantitative estimate of drug-likeness (QED) is 0.237. The van der Waals surface area contributed by atoms with Gasteiger partial charge in [0.15, 0.2) is 0 Å². The minimum atomic E-state index is -8.46. The Morgan fingerprint density at radius 3 is 1.25 bits per heavy atom. The van der Waals surface area contributed by atoms with E-state index in [2.05, 4.69) is 4.74 Å². The van der Waals surface area contributed by atoms with Crippen molar-refractivity contribution in [1.82, 2.24) is 0 Å². The average molecular weight is 520 g/mol. The molecule has 0 bridgehead atoms. The largest absolute Gasteiger partial charge is 0.473 e. The molecule has 0 aromatic carbocycles. The summed E-state index contributed by atoms with van der Waals surface area (Å²) in [6.07, 6.45) is -20.6. The van der Waals surface area contributed by atoms with Gasteiger partial charge in [0.05, 0.1) is 0 Å². The van der Waals surface area contributed by atoms with E-state index < -0.39 is 73.1 Å². The predicted octanol–water partition coefficient (Wildman–Crippen LogP) is 6.69. The first-order chi connectivity index (χ1) is 13.7. The van der Waals surface area contributed by atoms with Crippen LogP contribution < -0.4 is 0 Å².